The van der Waals surface area contributed by atoms with Crippen LogP contribution in [0.2, 0.25) is 0 Å². The third-order valence-electron chi connectivity index (χ3n) is 1.86. The molecule has 0 unspecified atom stereocenters. The highest BCUT2D eigenvalue weighted by atomic mass is 32.2. The summed E-state index contributed by atoms with van der Waals surface area (Å²) in [4.78, 5) is 11.6. The average molecular weight is 239 g/mol. The Labute approximate surface area is 95.0 Å². The molecule has 0 atom stereocenters. The number of sulfonamides is 1. The Kier molecular flexibility index (Phi) is 4.39. The van der Waals surface area contributed by atoms with Crippen molar-refractivity contribution < 1.29 is 13.2 Å². The first-order valence-electron chi connectivity index (χ1n) is 4.71. The number of rotatable bonds is 6. The summed E-state index contributed by atoms with van der Waals surface area (Å²) >= 11 is 0. The average Bonchev–Trinajstić information content (AvgIpc) is 2.27. The van der Waals surface area contributed by atoms with E-state index in [9.17, 15) is 13.2 Å². The Morgan fingerprint density at radius 3 is 2.50 bits per heavy atom. The normalized spacial score (nSPS) is 11.0. The molecule has 0 amide bonds. The number of carbonyl (C=O) groups is 1. The molecule has 0 saturated carbocycles. The number of Topliss-reactive ketones (excluding diaryl/α,β-unsaturated/α-hetero) is 1. The zero-order valence-electron chi connectivity index (χ0n) is 8.72. The smallest absolute Gasteiger partial charge is 0.219 e. The lowest BCUT2D eigenvalue weighted by Gasteiger charge is -2.03. The number of benzene rings is 1. The van der Waals surface area contributed by atoms with Gasteiger partial charge in [0.25, 0.3) is 0 Å². The number of nitrogens with one attached hydrogen (secondary N) is 1. The summed E-state index contributed by atoms with van der Waals surface area (Å²) in [5.74, 6) is -0.956. The number of carbonyl (C=O) groups excluding carboxylic acids is 1. The van der Waals surface area contributed by atoms with E-state index in [4.69, 9.17) is 0 Å². The lowest BCUT2D eigenvalue weighted by molar-refractivity contribution is 0.102. The van der Waals surface area contributed by atoms with Gasteiger partial charge in [-0.25, -0.2) is 13.1 Å². The van der Waals surface area contributed by atoms with Crippen LogP contribution in [-0.4, -0.2) is 26.5 Å². The molecule has 0 aliphatic carbocycles. The van der Waals surface area contributed by atoms with Gasteiger partial charge in [0.2, 0.25) is 10.0 Å². The molecular weight excluding hydrogens is 226 g/mol. The third kappa shape index (κ3) is 3.96. The fourth-order valence-corrected chi connectivity index (χ4v) is 2.10. The van der Waals surface area contributed by atoms with E-state index < -0.39 is 21.6 Å². The van der Waals surface area contributed by atoms with Crippen molar-refractivity contribution >= 4 is 15.8 Å². The van der Waals surface area contributed by atoms with E-state index >= 15 is 0 Å². The highest BCUT2D eigenvalue weighted by Gasteiger charge is 2.16. The van der Waals surface area contributed by atoms with Gasteiger partial charge in [-0.15, -0.1) is 6.58 Å². The molecule has 16 heavy (non-hydrogen) atoms. The van der Waals surface area contributed by atoms with Crippen LogP contribution in [0, 0.1) is 0 Å². The molecule has 0 saturated heterocycles. The van der Waals surface area contributed by atoms with E-state index in [1.54, 1.807) is 30.3 Å². The van der Waals surface area contributed by atoms with Gasteiger partial charge >= 0.3 is 0 Å². The number of hydrogen-bond donors (Lipinski definition) is 1. The van der Waals surface area contributed by atoms with Crippen molar-refractivity contribution in [3.05, 3.63) is 48.6 Å². The molecule has 86 valence electrons. The second kappa shape index (κ2) is 5.58. The van der Waals surface area contributed by atoms with Crippen LogP contribution in [0.3, 0.4) is 0 Å². The van der Waals surface area contributed by atoms with Crippen LogP contribution in [-0.2, 0) is 10.0 Å². The Hall–Kier alpha value is -1.46. The first kappa shape index (κ1) is 12.6. The summed E-state index contributed by atoms with van der Waals surface area (Å²) in [5, 5.41) is 0. The van der Waals surface area contributed by atoms with Gasteiger partial charge in [-0.1, -0.05) is 36.4 Å². The van der Waals surface area contributed by atoms with Crippen LogP contribution in [0.5, 0.6) is 0 Å². The van der Waals surface area contributed by atoms with E-state index in [0.29, 0.717) is 5.56 Å². The van der Waals surface area contributed by atoms with Crippen LogP contribution < -0.4 is 4.72 Å². The van der Waals surface area contributed by atoms with Gasteiger partial charge < -0.3 is 0 Å². The maximum atomic E-state index is 11.6. The molecule has 1 N–H and O–H groups in total. The fourth-order valence-electron chi connectivity index (χ4n) is 1.12. The molecule has 1 aromatic rings. The highest BCUT2D eigenvalue weighted by molar-refractivity contribution is 7.90. The molecule has 1 rings (SSSR count). The minimum Gasteiger partial charge on any atom is -0.293 e. The molecular formula is C11H13NO3S. The molecule has 0 heterocycles. The number of ketones is 1. The van der Waals surface area contributed by atoms with E-state index in [0.717, 1.165) is 0 Å². The van der Waals surface area contributed by atoms with Crippen molar-refractivity contribution in [1.29, 1.82) is 0 Å². The van der Waals surface area contributed by atoms with Crippen molar-refractivity contribution in [2.24, 2.45) is 0 Å². The van der Waals surface area contributed by atoms with Crippen molar-refractivity contribution in [2.45, 2.75) is 0 Å². The maximum absolute atomic E-state index is 11.6. The Balaban J connectivity index is 2.68. The molecule has 4 nitrogen and oxygen atoms in total. The molecule has 0 radical (unpaired) electrons. The van der Waals surface area contributed by atoms with Crippen molar-refractivity contribution in [3.63, 3.8) is 0 Å². The van der Waals surface area contributed by atoms with Crippen LogP contribution in [0.1, 0.15) is 10.4 Å². The molecule has 0 bridgehead atoms. The van der Waals surface area contributed by atoms with E-state index in [1.165, 1.54) is 6.08 Å². The van der Waals surface area contributed by atoms with Crippen LogP contribution in [0.4, 0.5) is 0 Å². The molecule has 0 aliphatic heterocycles. The van der Waals surface area contributed by atoms with Gasteiger partial charge in [-0.3, -0.25) is 4.79 Å². The predicted molar refractivity (Wildman–Crippen MR) is 62.8 cm³/mol. The summed E-state index contributed by atoms with van der Waals surface area (Å²) < 4.78 is 25.0. The van der Waals surface area contributed by atoms with Crippen LogP contribution >= 0.6 is 0 Å². The topological polar surface area (TPSA) is 63.2 Å². The van der Waals surface area contributed by atoms with E-state index in [2.05, 4.69) is 11.3 Å². The lowest BCUT2D eigenvalue weighted by atomic mass is 10.2. The Bertz CT molecular complexity index is 465. The van der Waals surface area contributed by atoms with Crippen molar-refractivity contribution in [2.75, 3.05) is 12.3 Å². The molecule has 5 heteroatoms. The van der Waals surface area contributed by atoms with Crippen molar-refractivity contribution in [3.8, 4) is 0 Å². The van der Waals surface area contributed by atoms with Crippen LogP contribution in [0.15, 0.2) is 43.0 Å². The maximum Gasteiger partial charge on any atom is 0.219 e. The van der Waals surface area contributed by atoms with Crippen LogP contribution in [0.25, 0.3) is 0 Å². The second-order valence-electron chi connectivity index (χ2n) is 3.19. The molecule has 1 aromatic carbocycles. The van der Waals surface area contributed by atoms with E-state index in [1.807, 2.05) is 0 Å². The Morgan fingerprint density at radius 1 is 1.31 bits per heavy atom. The van der Waals surface area contributed by atoms with Gasteiger partial charge in [-0.05, 0) is 0 Å². The highest BCUT2D eigenvalue weighted by Crippen LogP contribution is 2.01. The minimum atomic E-state index is -3.56. The third-order valence-corrected chi connectivity index (χ3v) is 3.11. The van der Waals surface area contributed by atoms with Gasteiger partial charge in [-0.2, -0.15) is 0 Å². The zero-order valence-corrected chi connectivity index (χ0v) is 9.53. The summed E-state index contributed by atoms with van der Waals surface area (Å²) in [5.41, 5.74) is 0.395. The SMILES string of the molecule is C=CCNS(=O)(=O)CC(=O)c1ccccc1. The predicted octanol–water partition coefficient (Wildman–Crippen LogP) is 0.975. The Morgan fingerprint density at radius 2 is 1.94 bits per heavy atom. The minimum absolute atomic E-state index is 0.129. The van der Waals surface area contributed by atoms with Gasteiger partial charge in [0.05, 0.1) is 0 Å². The fraction of sp³-hybridized carbons (Fsp3) is 0.182. The summed E-state index contributed by atoms with van der Waals surface area (Å²) in [6.07, 6.45) is 1.42. The quantitative estimate of drug-likeness (QED) is 0.594. The van der Waals surface area contributed by atoms with Gasteiger partial charge in [0.1, 0.15) is 5.75 Å². The largest absolute Gasteiger partial charge is 0.293 e. The molecule has 0 fully saturated rings. The monoisotopic (exact) mass is 239 g/mol. The first-order valence-corrected chi connectivity index (χ1v) is 6.37. The molecule has 0 spiro atoms. The molecule has 0 aliphatic rings. The molecule has 0 aromatic heterocycles. The van der Waals surface area contributed by atoms with Crippen molar-refractivity contribution in [1.82, 2.24) is 4.72 Å². The lowest BCUT2D eigenvalue weighted by Crippen LogP contribution is -2.30. The van der Waals surface area contributed by atoms with Gasteiger partial charge in [0.15, 0.2) is 5.78 Å². The summed E-state index contributed by atoms with van der Waals surface area (Å²) in [7, 11) is -3.56. The van der Waals surface area contributed by atoms with E-state index in [-0.39, 0.29) is 6.54 Å². The summed E-state index contributed by atoms with van der Waals surface area (Å²) in [6.45, 7) is 3.52. The standard InChI is InChI=1S/C11H13NO3S/c1-2-8-12-16(14,15)9-11(13)10-6-4-3-5-7-10/h2-7,12H,1,8-9H2. The number of hydrogen-bond acceptors (Lipinski definition) is 3. The second-order valence-corrected chi connectivity index (χ2v) is 4.99. The zero-order chi connectivity index (χ0) is 12.0. The first-order chi connectivity index (χ1) is 7.55. The van der Waals surface area contributed by atoms with Gasteiger partial charge in [0, 0.05) is 12.1 Å². The summed E-state index contributed by atoms with van der Waals surface area (Å²) in [6, 6.07) is 8.33.